The van der Waals surface area contributed by atoms with Crippen LogP contribution in [0.1, 0.15) is 32.0 Å². The van der Waals surface area contributed by atoms with Gasteiger partial charge >= 0.3 is 0 Å². The molecule has 1 aliphatic rings. The van der Waals surface area contributed by atoms with E-state index in [1.165, 1.54) is 0 Å². The number of amides is 2. The first-order valence-corrected chi connectivity index (χ1v) is 8.18. The average molecular weight is 325 g/mol. The SMILES string of the molecule is C=CC(C)(C)c1[nH]c2ccccc2c1C[C@@H]1NC(=O)[C@H](C)NC1=O. The predicted octanol–water partition coefficient (Wildman–Crippen LogP) is 2.18. The lowest BCUT2D eigenvalue weighted by Gasteiger charge is -2.29. The lowest BCUT2D eigenvalue weighted by atomic mass is 9.84. The number of rotatable bonds is 4. The van der Waals surface area contributed by atoms with Crippen molar-refractivity contribution in [2.45, 2.75) is 44.7 Å². The first-order valence-electron chi connectivity index (χ1n) is 8.18. The van der Waals surface area contributed by atoms with Crippen molar-refractivity contribution < 1.29 is 9.59 Å². The summed E-state index contributed by atoms with van der Waals surface area (Å²) in [5.74, 6) is -0.293. The number of para-hydroxylation sites is 1. The summed E-state index contributed by atoms with van der Waals surface area (Å²) in [5.41, 5.74) is 2.83. The molecular formula is C19H23N3O2. The van der Waals surface area contributed by atoms with Crippen molar-refractivity contribution >= 4 is 22.7 Å². The fourth-order valence-electron chi connectivity index (χ4n) is 3.15. The number of nitrogens with one attached hydrogen (secondary N) is 3. The molecule has 0 aliphatic carbocycles. The van der Waals surface area contributed by atoms with Crippen molar-refractivity contribution in [3.05, 3.63) is 48.2 Å². The summed E-state index contributed by atoms with van der Waals surface area (Å²) in [6.45, 7) is 9.78. The Labute approximate surface area is 141 Å². The average Bonchev–Trinajstić information content (AvgIpc) is 2.92. The summed E-state index contributed by atoms with van der Waals surface area (Å²) in [7, 11) is 0. The van der Waals surface area contributed by atoms with Crippen LogP contribution >= 0.6 is 0 Å². The van der Waals surface area contributed by atoms with Crippen molar-refractivity contribution in [3.63, 3.8) is 0 Å². The normalized spacial score (nSPS) is 21.5. The second kappa shape index (κ2) is 5.82. The van der Waals surface area contributed by atoms with Crippen LogP contribution in [0, 0.1) is 0 Å². The van der Waals surface area contributed by atoms with Gasteiger partial charge in [-0.2, -0.15) is 0 Å². The van der Waals surface area contributed by atoms with E-state index >= 15 is 0 Å². The smallest absolute Gasteiger partial charge is 0.243 e. The third-order valence-electron chi connectivity index (χ3n) is 4.76. The van der Waals surface area contributed by atoms with Gasteiger partial charge in [0.05, 0.1) is 0 Å². The summed E-state index contributed by atoms with van der Waals surface area (Å²) in [5, 5.41) is 6.63. The fourth-order valence-corrected chi connectivity index (χ4v) is 3.15. The number of fused-ring (bicyclic) bond motifs is 1. The van der Waals surface area contributed by atoms with Gasteiger partial charge in [0, 0.05) is 28.4 Å². The molecule has 1 aliphatic heterocycles. The molecule has 0 saturated carbocycles. The molecular weight excluding hydrogens is 302 g/mol. The highest BCUT2D eigenvalue weighted by Crippen LogP contribution is 2.33. The molecule has 2 heterocycles. The molecule has 0 unspecified atom stereocenters. The highest BCUT2D eigenvalue weighted by molar-refractivity contribution is 5.97. The zero-order valence-corrected chi connectivity index (χ0v) is 14.3. The predicted molar refractivity (Wildman–Crippen MR) is 94.8 cm³/mol. The molecule has 0 radical (unpaired) electrons. The molecule has 3 N–H and O–H groups in total. The molecule has 5 heteroatoms. The largest absolute Gasteiger partial charge is 0.357 e. The van der Waals surface area contributed by atoms with Crippen LogP contribution in [-0.2, 0) is 21.4 Å². The van der Waals surface area contributed by atoms with E-state index in [0.717, 1.165) is 22.2 Å². The third-order valence-corrected chi connectivity index (χ3v) is 4.76. The molecule has 0 spiro atoms. The van der Waals surface area contributed by atoms with E-state index in [0.29, 0.717) is 6.42 Å². The third kappa shape index (κ3) is 2.70. The van der Waals surface area contributed by atoms with Crippen molar-refractivity contribution in [3.8, 4) is 0 Å². The van der Waals surface area contributed by atoms with Gasteiger partial charge in [-0.05, 0) is 18.6 Å². The van der Waals surface area contributed by atoms with Gasteiger partial charge in [0.25, 0.3) is 0 Å². The first-order chi connectivity index (χ1) is 11.3. The molecule has 2 aromatic rings. The van der Waals surface area contributed by atoms with Gasteiger partial charge in [-0.3, -0.25) is 9.59 Å². The summed E-state index contributed by atoms with van der Waals surface area (Å²) >= 11 is 0. The van der Waals surface area contributed by atoms with Gasteiger partial charge in [-0.1, -0.05) is 38.1 Å². The van der Waals surface area contributed by atoms with E-state index in [-0.39, 0.29) is 17.2 Å². The standard InChI is InChI=1S/C19H23N3O2/c1-5-19(3,4)16-13(12-8-6-7-9-14(12)21-16)10-15-18(24)20-11(2)17(23)22-15/h5-9,11,15,21H,1,10H2,2-4H3,(H,20,24)(H,22,23)/t11-,15-/m0/s1. The van der Waals surface area contributed by atoms with E-state index in [9.17, 15) is 9.59 Å². The monoisotopic (exact) mass is 325 g/mol. The number of allylic oxidation sites excluding steroid dienone is 1. The van der Waals surface area contributed by atoms with Crippen LogP contribution in [0.3, 0.4) is 0 Å². The summed E-state index contributed by atoms with van der Waals surface area (Å²) in [6, 6.07) is 6.96. The van der Waals surface area contributed by atoms with E-state index in [2.05, 4.69) is 36.0 Å². The molecule has 1 aromatic heterocycles. The Balaban J connectivity index is 2.05. The van der Waals surface area contributed by atoms with Crippen molar-refractivity contribution in [2.24, 2.45) is 0 Å². The molecule has 1 aromatic carbocycles. The zero-order valence-electron chi connectivity index (χ0n) is 14.3. The molecule has 5 nitrogen and oxygen atoms in total. The number of H-pyrrole nitrogens is 1. The van der Waals surface area contributed by atoms with Crippen LogP contribution < -0.4 is 10.6 Å². The number of benzene rings is 1. The van der Waals surface area contributed by atoms with Gasteiger partial charge in [0.1, 0.15) is 12.1 Å². The molecule has 3 rings (SSSR count). The Morgan fingerprint density at radius 2 is 1.88 bits per heavy atom. The molecule has 126 valence electrons. The lowest BCUT2D eigenvalue weighted by molar-refractivity contribution is -0.136. The van der Waals surface area contributed by atoms with Gasteiger partial charge < -0.3 is 15.6 Å². The Kier molecular flexibility index (Phi) is 3.95. The highest BCUT2D eigenvalue weighted by Gasteiger charge is 2.33. The molecule has 2 atom stereocenters. The van der Waals surface area contributed by atoms with Crippen LogP contribution in [0.5, 0.6) is 0 Å². The van der Waals surface area contributed by atoms with Gasteiger partial charge in [-0.25, -0.2) is 0 Å². The molecule has 1 fully saturated rings. The number of hydrogen-bond donors (Lipinski definition) is 3. The van der Waals surface area contributed by atoms with Gasteiger partial charge in [0.15, 0.2) is 0 Å². The van der Waals surface area contributed by atoms with Crippen LogP contribution in [0.4, 0.5) is 0 Å². The quantitative estimate of drug-likeness (QED) is 0.754. The maximum absolute atomic E-state index is 12.3. The number of hydrogen-bond acceptors (Lipinski definition) is 2. The van der Waals surface area contributed by atoms with Gasteiger partial charge in [-0.15, -0.1) is 6.58 Å². The first kappa shape index (κ1) is 16.3. The van der Waals surface area contributed by atoms with Crippen molar-refractivity contribution in [1.29, 1.82) is 0 Å². The summed E-state index contributed by atoms with van der Waals surface area (Å²) < 4.78 is 0. The number of carbonyl (C=O) groups is 2. The van der Waals surface area contributed by atoms with E-state index in [1.54, 1.807) is 6.92 Å². The second-order valence-corrected chi connectivity index (χ2v) is 6.95. The molecule has 0 bridgehead atoms. The number of piperazine rings is 1. The Morgan fingerprint density at radius 3 is 2.58 bits per heavy atom. The molecule has 1 saturated heterocycles. The minimum atomic E-state index is -0.563. The second-order valence-electron chi connectivity index (χ2n) is 6.95. The Bertz CT molecular complexity index is 819. The van der Waals surface area contributed by atoms with Crippen LogP contribution in [0.2, 0.25) is 0 Å². The number of carbonyl (C=O) groups excluding carboxylic acids is 2. The van der Waals surface area contributed by atoms with E-state index in [4.69, 9.17) is 0 Å². The Hall–Kier alpha value is -2.56. The van der Waals surface area contributed by atoms with Crippen LogP contribution in [-0.4, -0.2) is 28.9 Å². The van der Waals surface area contributed by atoms with E-state index < -0.39 is 12.1 Å². The van der Waals surface area contributed by atoms with Crippen molar-refractivity contribution in [2.75, 3.05) is 0 Å². The minimum Gasteiger partial charge on any atom is -0.357 e. The molecule has 24 heavy (non-hydrogen) atoms. The van der Waals surface area contributed by atoms with Crippen LogP contribution in [0.15, 0.2) is 36.9 Å². The topological polar surface area (TPSA) is 74.0 Å². The Morgan fingerprint density at radius 1 is 1.17 bits per heavy atom. The van der Waals surface area contributed by atoms with Gasteiger partial charge in [0.2, 0.25) is 11.8 Å². The summed E-state index contributed by atoms with van der Waals surface area (Å²) in [4.78, 5) is 27.7. The van der Waals surface area contributed by atoms with E-state index in [1.807, 2.05) is 30.3 Å². The summed E-state index contributed by atoms with van der Waals surface area (Å²) in [6.07, 6.45) is 2.34. The number of aromatic nitrogens is 1. The van der Waals surface area contributed by atoms with Crippen LogP contribution in [0.25, 0.3) is 10.9 Å². The number of aromatic amines is 1. The lowest BCUT2D eigenvalue weighted by Crippen LogP contribution is -2.61. The highest BCUT2D eigenvalue weighted by atomic mass is 16.2. The fraction of sp³-hybridized carbons (Fsp3) is 0.368. The maximum atomic E-state index is 12.3. The zero-order chi connectivity index (χ0) is 17.5. The minimum absolute atomic E-state index is 0.144. The molecule has 2 amide bonds. The maximum Gasteiger partial charge on any atom is 0.243 e. The van der Waals surface area contributed by atoms with Crippen molar-refractivity contribution in [1.82, 2.24) is 15.6 Å².